The van der Waals surface area contributed by atoms with Crippen LogP contribution in [0.15, 0.2) is 12.1 Å². The third-order valence-corrected chi connectivity index (χ3v) is 4.08. The molecule has 108 valence electrons. The molecule has 2 aliphatic heterocycles. The Balaban J connectivity index is 1.74. The highest BCUT2D eigenvalue weighted by molar-refractivity contribution is 6.29. The number of hydrogen-bond acceptors (Lipinski definition) is 4. The smallest absolute Gasteiger partial charge is 0.407 e. The molecule has 2 aliphatic rings. The second kappa shape index (κ2) is 5.05. The molecule has 20 heavy (non-hydrogen) atoms. The lowest BCUT2D eigenvalue weighted by molar-refractivity contribution is -0.0165. The van der Waals surface area contributed by atoms with Gasteiger partial charge in [0.2, 0.25) is 5.88 Å². The molecule has 4 atom stereocenters. The average Bonchev–Trinajstić information content (AvgIpc) is 2.77. The van der Waals surface area contributed by atoms with Crippen molar-refractivity contribution in [1.29, 1.82) is 0 Å². The Morgan fingerprint density at radius 2 is 2.25 bits per heavy atom. The predicted molar refractivity (Wildman–Crippen MR) is 67.6 cm³/mol. The summed E-state index contributed by atoms with van der Waals surface area (Å²) in [7, 11) is 0. The van der Waals surface area contributed by atoms with Crippen LogP contribution >= 0.6 is 11.6 Å². The monoisotopic (exact) mass is 301 g/mol. The van der Waals surface area contributed by atoms with E-state index in [0.717, 1.165) is 0 Å². The Bertz CT molecular complexity index is 515. The molecule has 3 heterocycles. The lowest BCUT2D eigenvalue weighted by Crippen LogP contribution is -2.55. The number of ether oxygens (including phenoxy) is 1. The summed E-state index contributed by atoms with van der Waals surface area (Å²) in [5.41, 5.74) is 0. The van der Waals surface area contributed by atoms with Gasteiger partial charge in [0.25, 0.3) is 0 Å². The number of halogens is 2. The fraction of sp³-hybridized carbons (Fsp3) is 0.583. The van der Waals surface area contributed by atoms with Crippen molar-refractivity contribution in [2.75, 3.05) is 0 Å². The van der Waals surface area contributed by atoms with Gasteiger partial charge in [-0.3, -0.25) is 4.90 Å². The Labute approximate surface area is 119 Å². The zero-order valence-electron chi connectivity index (χ0n) is 10.4. The van der Waals surface area contributed by atoms with Gasteiger partial charge in [-0.2, -0.15) is 0 Å². The molecule has 0 aliphatic carbocycles. The zero-order chi connectivity index (χ0) is 14.3. The first kappa shape index (κ1) is 13.4. The summed E-state index contributed by atoms with van der Waals surface area (Å²) in [4.78, 5) is 12.4. The Morgan fingerprint density at radius 3 is 2.90 bits per heavy atom. The van der Waals surface area contributed by atoms with Crippen molar-refractivity contribution < 1.29 is 19.0 Å². The van der Waals surface area contributed by atoms with Gasteiger partial charge in [-0.1, -0.05) is 11.6 Å². The lowest BCUT2D eigenvalue weighted by Gasteiger charge is -2.39. The summed E-state index contributed by atoms with van der Waals surface area (Å²) in [5, 5.41) is 16.7. The highest BCUT2D eigenvalue weighted by atomic mass is 35.5. The van der Waals surface area contributed by atoms with E-state index in [9.17, 15) is 9.18 Å². The number of aromatic nitrogens is 2. The molecule has 2 saturated heterocycles. The van der Waals surface area contributed by atoms with Gasteiger partial charge >= 0.3 is 6.09 Å². The fourth-order valence-corrected chi connectivity index (χ4v) is 3.14. The SMILES string of the molecule is O=C(O)N1C2CCC1C(F)C(Oc1ccc(Cl)nn1)C2. The molecule has 0 spiro atoms. The van der Waals surface area contributed by atoms with Gasteiger partial charge < -0.3 is 9.84 Å². The number of carbonyl (C=O) groups is 1. The second-order valence-electron chi connectivity index (χ2n) is 5.02. The highest BCUT2D eigenvalue weighted by Crippen LogP contribution is 2.38. The number of fused-ring (bicyclic) bond motifs is 2. The van der Waals surface area contributed by atoms with E-state index in [0.29, 0.717) is 19.3 Å². The molecule has 6 nitrogen and oxygen atoms in total. The highest BCUT2D eigenvalue weighted by Gasteiger charge is 2.51. The van der Waals surface area contributed by atoms with E-state index in [2.05, 4.69) is 10.2 Å². The van der Waals surface area contributed by atoms with Crippen LogP contribution in [0.5, 0.6) is 5.88 Å². The Kier molecular flexibility index (Phi) is 3.37. The van der Waals surface area contributed by atoms with E-state index < -0.39 is 24.4 Å². The summed E-state index contributed by atoms with van der Waals surface area (Å²) in [6.45, 7) is 0. The Hall–Kier alpha value is -1.63. The Morgan fingerprint density at radius 1 is 1.45 bits per heavy atom. The predicted octanol–water partition coefficient (Wildman–Crippen LogP) is 2.13. The molecule has 8 heteroatoms. The number of nitrogens with zero attached hydrogens (tertiary/aromatic N) is 3. The van der Waals surface area contributed by atoms with E-state index in [4.69, 9.17) is 21.4 Å². The molecular formula is C12H13ClFN3O3. The molecule has 0 saturated carbocycles. The molecule has 2 fully saturated rings. The minimum Gasteiger partial charge on any atom is -0.470 e. The van der Waals surface area contributed by atoms with Crippen molar-refractivity contribution in [3.05, 3.63) is 17.3 Å². The lowest BCUT2D eigenvalue weighted by atomic mass is 9.98. The normalized spacial score (nSPS) is 32.2. The molecule has 1 aromatic heterocycles. The zero-order valence-corrected chi connectivity index (χ0v) is 11.2. The number of carboxylic acid groups (broad SMARTS) is 1. The van der Waals surface area contributed by atoms with Gasteiger partial charge in [0.1, 0.15) is 6.10 Å². The maximum Gasteiger partial charge on any atom is 0.407 e. The van der Waals surface area contributed by atoms with Crippen molar-refractivity contribution in [2.24, 2.45) is 0 Å². The minimum absolute atomic E-state index is 0.185. The van der Waals surface area contributed by atoms with Crippen LogP contribution in [-0.2, 0) is 0 Å². The number of alkyl halides is 1. The first-order valence-corrected chi connectivity index (χ1v) is 6.75. The third kappa shape index (κ3) is 2.26. The van der Waals surface area contributed by atoms with Gasteiger partial charge in [-0.25, -0.2) is 9.18 Å². The maximum absolute atomic E-state index is 14.4. The summed E-state index contributed by atoms with van der Waals surface area (Å²) in [6.07, 6.45) is -1.59. The largest absolute Gasteiger partial charge is 0.470 e. The van der Waals surface area contributed by atoms with Crippen LogP contribution in [0.2, 0.25) is 5.15 Å². The van der Waals surface area contributed by atoms with Crippen LogP contribution in [0, 0.1) is 0 Å². The first-order chi connectivity index (χ1) is 9.56. The van der Waals surface area contributed by atoms with Crippen LogP contribution in [0.1, 0.15) is 19.3 Å². The van der Waals surface area contributed by atoms with Crippen LogP contribution < -0.4 is 4.74 Å². The summed E-state index contributed by atoms with van der Waals surface area (Å²) >= 11 is 5.62. The standard InChI is InChI=1S/C12H13ClFN3O3/c13-9-3-4-10(16-15-9)20-8-5-6-1-2-7(11(8)14)17(6)12(18)19/h3-4,6-8,11H,1-2,5H2,(H,18,19). The molecule has 0 aromatic carbocycles. The van der Waals surface area contributed by atoms with Crippen LogP contribution in [-0.4, -0.2) is 50.7 Å². The number of piperidine rings is 1. The number of rotatable bonds is 2. The third-order valence-electron chi connectivity index (χ3n) is 3.87. The van der Waals surface area contributed by atoms with E-state index in [-0.39, 0.29) is 17.1 Å². The van der Waals surface area contributed by atoms with Gasteiger partial charge in [-0.15, -0.1) is 10.2 Å². The number of hydrogen-bond donors (Lipinski definition) is 1. The van der Waals surface area contributed by atoms with Gasteiger partial charge in [0.15, 0.2) is 11.3 Å². The molecule has 4 unspecified atom stereocenters. The molecule has 2 bridgehead atoms. The van der Waals surface area contributed by atoms with Crippen LogP contribution in [0.4, 0.5) is 9.18 Å². The molecule has 1 N–H and O–H groups in total. The molecular weight excluding hydrogens is 289 g/mol. The first-order valence-electron chi connectivity index (χ1n) is 6.37. The summed E-state index contributed by atoms with van der Waals surface area (Å²) in [6, 6.07) is 2.22. The van der Waals surface area contributed by atoms with Crippen molar-refractivity contribution in [3.63, 3.8) is 0 Å². The van der Waals surface area contributed by atoms with Crippen molar-refractivity contribution in [3.8, 4) is 5.88 Å². The summed E-state index contributed by atoms with van der Waals surface area (Å²) in [5.74, 6) is 0.199. The van der Waals surface area contributed by atoms with E-state index in [1.54, 1.807) is 0 Å². The molecule has 3 rings (SSSR count). The van der Waals surface area contributed by atoms with E-state index in [1.165, 1.54) is 17.0 Å². The van der Waals surface area contributed by atoms with E-state index in [1.807, 2.05) is 0 Å². The average molecular weight is 302 g/mol. The molecule has 0 radical (unpaired) electrons. The van der Waals surface area contributed by atoms with E-state index >= 15 is 0 Å². The topological polar surface area (TPSA) is 75.5 Å². The van der Waals surface area contributed by atoms with Crippen molar-refractivity contribution in [1.82, 2.24) is 15.1 Å². The van der Waals surface area contributed by atoms with Crippen LogP contribution in [0.25, 0.3) is 0 Å². The van der Waals surface area contributed by atoms with Crippen molar-refractivity contribution in [2.45, 2.75) is 43.6 Å². The molecule has 1 amide bonds. The number of amides is 1. The summed E-state index contributed by atoms with van der Waals surface area (Å²) < 4.78 is 19.9. The van der Waals surface area contributed by atoms with Gasteiger partial charge in [0.05, 0.1) is 6.04 Å². The van der Waals surface area contributed by atoms with Crippen LogP contribution in [0.3, 0.4) is 0 Å². The quantitative estimate of drug-likeness (QED) is 0.905. The minimum atomic E-state index is -1.36. The maximum atomic E-state index is 14.4. The fourth-order valence-electron chi connectivity index (χ4n) is 3.03. The van der Waals surface area contributed by atoms with Gasteiger partial charge in [0, 0.05) is 18.5 Å². The second-order valence-corrected chi connectivity index (χ2v) is 5.41. The van der Waals surface area contributed by atoms with Gasteiger partial charge in [-0.05, 0) is 18.9 Å². The van der Waals surface area contributed by atoms with Crippen molar-refractivity contribution >= 4 is 17.7 Å². The molecule has 1 aromatic rings.